The summed E-state index contributed by atoms with van der Waals surface area (Å²) in [6, 6.07) is 13.2. The van der Waals surface area contributed by atoms with Crippen molar-refractivity contribution in [1.82, 2.24) is 0 Å². The Morgan fingerprint density at radius 2 is 1.76 bits per heavy atom. The van der Waals surface area contributed by atoms with E-state index in [0.717, 1.165) is 14.8 Å². The Morgan fingerprint density at radius 1 is 1.08 bits per heavy atom. The van der Waals surface area contributed by atoms with Crippen molar-refractivity contribution in [3.63, 3.8) is 0 Å². The third kappa shape index (κ3) is 4.70. The molecule has 0 radical (unpaired) electrons. The van der Waals surface area contributed by atoms with E-state index in [1.807, 2.05) is 57.5 Å². The molecule has 0 saturated carbocycles. The molecule has 0 amide bonds. The zero-order chi connectivity index (χ0) is 17.3. The van der Waals surface area contributed by atoms with Crippen molar-refractivity contribution in [1.29, 1.82) is 0 Å². The predicted molar refractivity (Wildman–Crippen MR) is 100 cm³/mol. The summed E-state index contributed by atoms with van der Waals surface area (Å²) in [5, 5.41) is 11.5. The smallest absolute Gasteiger partial charge is 0.196 e. The van der Waals surface area contributed by atoms with Gasteiger partial charge in [-0.25, -0.2) is 0 Å². The number of rotatable bonds is 5. The van der Waals surface area contributed by atoms with Gasteiger partial charge in [0.05, 0.1) is 21.1 Å². The fraction of sp³-hybridized carbons (Fsp3) is 0.316. The molecular formula is C19H22ClNO3S. The van der Waals surface area contributed by atoms with Crippen LogP contribution in [0.5, 0.6) is 5.75 Å². The van der Waals surface area contributed by atoms with Gasteiger partial charge < -0.3 is 26.7 Å². The maximum Gasteiger partial charge on any atom is 0.196 e. The Bertz CT molecular complexity index is 933. The SMILES string of the molecule is C[N+](C)(C)C[C@H](O)COc1ccc2sc3ccccc3c(=O)c2c1.[Cl-]. The maximum absolute atomic E-state index is 12.7. The van der Waals surface area contributed by atoms with Gasteiger partial charge in [0.25, 0.3) is 0 Å². The van der Waals surface area contributed by atoms with E-state index in [1.165, 1.54) is 0 Å². The largest absolute Gasteiger partial charge is 1.00 e. The van der Waals surface area contributed by atoms with E-state index in [4.69, 9.17) is 4.74 Å². The number of nitrogens with zero attached hydrogens (tertiary/aromatic N) is 1. The molecule has 1 heterocycles. The number of aliphatic hydroxyl groups is 1. The molecule has 0 aliphatic heterocycles. The molecule has 1 N–H and O–H groups in total. The van der Waals surface area contributed by atoms with Crippen LogP contribution in [0.4, 0.5) is 0 Å². The lowest BCUT2D eigenvalue weighted by atomic mass is 10.2. The molecule has 25 heavy (non-hydrogen) atoms. The predicted octanol–water partition coefficient (Wildman–Crippen LogP) is -0.135. The summed E-state index contributed by atoms with van der Waals surface area (Å²) in [6.07, 6.45) is -0.549. The summed E-state index contributed by atoms with van der Waals surface area (Å²) in [5.41, 5.74) is 0.0247. The molecule has 2 aromatic carbocycles. The highest BCUT2D eigenvalue weighted by atomic mass is 35.5. The van der Waals surface area contributed by atoms with Crippen LogP contribution in [-0.2, 0) is 0 Å². The molecule has 0 fully saturated rings. The molecule has 3 aromatic rings. The van der Waals surface area contributed by atoms with Crippen molar-refractivity contribution < 1.29 is 26.7 Å². The Hall–Kier alpha value is -1.66. The van der Waals surface area contributed by atoms with Gasteiger partial charge in [-0.3, -0.25) is 4.79 Å². The molecule has 0 aliphatic carbocycles. The molecule has 0 unspecified atom stereocenters. The van der Waals surface area contributed by atoms with Gasteiger partial charge >= 0.3 is 0 Å². The molecule has 6 heteroatoms. The van der Waals surface area contributed by atoms with Gasteiger partial charge in [0, 0.05) is 20.2 Å². The van der Waals surface area contributed by atoms with Crippen LogP contribution in [-0.4, -0.2) is 50.0 Å². The standard InChI is InChI=1S/C19H22NO3S.ClH/c1-20(2,3)11-13(21)12-23-14-8-9-18-16(10-14)19(22)15-6-4-5-7-17(15)24-18;/h4-10,13,21H,11-12H2,1-3H3;1H/q+1;/p-1/t13-;/m0./s1. The van der Waals surface area contributed by atoms with Crippen LogP contribution < -0.4 is 22.6 Å². The molecule has 1 aromatic heterocycles. The first-order valence-corrected chi connectivity index (χ1v) is 8.72. The van der Waals surface area contributed by atoms with E-state index < -0.39 is 6.10 Å². The van der Waals surface area contributed by atoms with E-state index in [-0.39, 0.29) is 24.4 Å². The Balaban J connectivity index is 0.00000225. The molecule has 0 bridgehead atoms. The lowest BCUT2D eigenvalue weighted by molar-refractivity contribution is -0.873. The Labute approximate surface area is 157 Å². The summed E-state index contributed by atoms with van der Waals surface area (Å²) >= 11 is 1.60. The van der Waals surface area contributed by atoms with E-state index >= 15 is 0 Å². The first kappa shape index (κ1) is 19.7. The van der Waals surface area contributed by atoms with Crippen LogP contribution >= 0.6 is 11.3 Å². The highest BCUT2D eigenvalue weighted by Gasteiger charge is 2.16. The number of hydrogen-bond donors (Lipinski definition) is 1. The van der Waals surface area contributed by atoms with Crippen LogP contribution in [0.25, 0.3) is 20.2 Å². The van der Waals surface area contributed by atoms with E-state index in [9.17, 15) is 9.90 Å². The minimum atomic E-state index is -0.549. The summed E-state index contributed by atoms with van der Waals surface area (Å²) in [4.78, 5) is 12.7. The fourth-order valence-electron chi connectivity index (χ4n) is 2.75. The normalized spacial score (nSPS) is 12.8. The highest BCUT2D eigenvalue weighted by Crippen LogP contribution is 2.27. The molecule has 0 saturated heterocycles. The van der Waals surface area contributed by atoms with Crippen LogP contribution in [0.3, 0.4) is 0 Å². The van der Waals surface area contributed by atoms with Crippen LogP contribution in [0.2, 0.25) is 0 Å². The number of likely N-dealkylation sites (N-methyl/N-ethyl adjacent to an activating group) is 1. The van der Waals surface area contributed by atoms with Crippen molar-refractivity contribution in [2.45, 2.75) is 6.10 Å². The van der Waals surface area contributed by atoms with Crippen molar-refractivity contribution in [2.24, 2.45) is 0 Å². The third-order valence-electron chi connectivity index (χ3n) is 3.75. The number of ether oxygens (including phenoxy) is 1. The Morgan fingerprint density at radius 3 is 2.48 bits per heavy atom. The second-order valence-corrected chi connectivity index (χ2v) is 8.11. The average Bonchev–Trinajstić information content (AvgIpc) is 2.52. The lowest BCUT2D eigenvalue weighted by Crippen LogP contribution is -3.00. The fourth-order valence-corrected chi connectivity index (χ4v) is 3.80. The van der Waals surface area contributed by atoms with Crippen molar-refractivity contribution >= 4 is 31.5 Å². The number of halogens is 1. The van der Waals surface area contributed by atoms with E-state index in [1.54, 1.807) is 17.4 Å². The lowest BCUT2D eigenvalue weighted by Gasteiger charge is -2.26. The monoisotopic (exact) mass is 379 g/mol. The van der Waals surface area contributed by atoms with Gasteiger partial charge in [-0.15, -0.1) is 11.3 Å². The third-order valence-corrected chi connectivity index (χ3v) is 4.90. The minimum absolute atomic E-state index is 0. The summed E-state index contributed by atoms with van der Waals surface area (Å²) in [5.74, 6) is 0.613. The molecule has 3 rings (SSSR count). The van der Waals surface area contributed by atoms with Gasteiger partial charge in [-0.1, -0.05) is 12.1 Å². The number of quaternary nitrogens is 1. The number of fused-ring (bicyclic) bond motifs is 2. The van der Waals surface area contributed by atoms with Gasteiger partial charge in [0.2, 0.25) is 0 Å². The van der Waals surface area contributed by atoms with Crippen molar-refractivity contribution in [3.8, 4) is 5.75 Å². The average molecular weight is 380 g/mol. The summed E-state index contributed by atoms with van der Waals surface area (Å²) < 4.78 is 8.29. The summed E-state index contributed by atoms with van der Waals surface area (Å²) in [7, 11) is 6.07. The van der Waals surface area contributed by atoms with Crippen molar-refractivity contribution in [2.75, 3.05) is 34.3 Å². The summed E-state index contributed by atoms with van der Waals surface area (Å²) in [6.45, 7) is 0.819. The second kappa shape index (κ2) is 7.70. The highest BCUT2D eigenvalue weighted by molar-refractivity contribution is 7.24. The first-order chi connectivity index (χ1) is 11.3. The maximum atomic E-state index is 12.7. The van der Waals surface area contributed by atoms with Crippen molar-refractivity contribution in [3.05, 3.63) is 52.7 Å². The topological polar surface area (TPSA) is 46.5 Å². The Kier molecular flexibility index (Phi) is 6.06. The number of hydrogen-bond acceptors (Lipinski definition) is 4. The number of benzene rings is 2. The quantitative estimate of drug-likeness (QED) is 0.496. The zero-order valence-electron chi connectivity index (χ0n) is 14.5. The molecule has 0 spiro atoms. The molecular weight excluding hydrogens is 358 g/mol. The van der Waals surface area contributed by atoms with E-state index in [0.29, 0.717) is 22.2 Å². The first-order valence-electron chi connectivity index (χ1n) is 7.90. The molecule has 0 aliphatic rings. The van der Waals surface area contributed by atoms with Gasteiger partial charge in [0.15, 0.2) is 5.43 Å². The molecule has 4 nitrogen and oxygen atoms in total. The molecule has 1 atom stereocenters. The van der Waals surface area contributed by atoms with Crippen LogP contribution in [0.15, 0.2) is 47.3 Å². The second-order valence-electron chi connectivity index (χ2n) is 7.02. The zero-order valence-corrected chi connectivity index (χ0v) is 16.1. The van der Waals surface area contributed by atoms with E-state index in [2.05, 4.69) is 0 Å². The van der Waals surface area contributed by atoms with Crippen LogP contribution in [0, 0.1) is 0 Å². The van der Waals surface area contributed by atoms with Gasteiger partial charge in [-0.05, 0) is 30.3 Å². The van der Waals surface area contributed by atoms with Gasteiger partial charge in [0.1, 0.15) is 25.0 Å². The molecule has 134 valence electrons. The minimum Gasteiger partial charge on any atom is -1.00 e. The van der Waals surface area contributed by atoms with Gasteiger partial charge in [-0.2, -0.15) is 0 Å². The number of aliphatic hydroxyl groups excluding tert-OH is 1. The van der Waals surface area contributed by atoms with Crippen LogP contribution in [0.1, 0.15) is 0 Å².